The molecule has 0 aliphatic heterocycles. The van der Waals surface area contributed by atoms with E-state index in [-0.39, 0.29) is 23.1 Å². The molecule has 1 aromatic heterocycles. The van der Waals surface area contributed by atoms with Gasteiger partial charge in [-0.05, 0) is 37.0 Å². The molecule has 0 radical (unpaired) electrons. The molecule has 1 aromatic carbocycles. The van der Waals surface area contributed by atoms with Crippen LogP contribution < -0.4 is 5.48 Å². The number of hydrogen-bond acceptors (Lipinski definition) is 5. The summed E-state index contributed by atoms with van der Waals surface area (Å²) in [6.45, 7) is 0. The molecule has 0 aliphatic rings. The number of aromatic nitrogens is 1. The predicted octanol–water partition coefficient (Wildman–Crippen LogP) is 2.42. The maximum atomic E-state index is 12.4. The molecular weight excluding hydrogens is 364 g/mol. The molecule has 0 aliphatic carbocycles. The normalized spacial score (nSPS) is 12.0. The van der Waals surface area contributed by atoms with Crippen molar-refractivity contribution in [2.75, 3.05) is 5.75 Å². The Bertz CT molecular complexity index is 755. The molecule has 1 heterocycles. The molecule has 1 unspecified atom stereocenters. The van der Waals surface area contributed by atoms with Crippen LogP contribution in [0.2, 0.25) is 0 Å². The Kier molecular flexibility index (Phi) is 8.54. The van der Waals surface area contributed by atoms with E-state index in [1.807, 2.05) is 30.3 Å². The number of amides is 1. The van der Waals surface area contributed by atoms with Gasteiger partial charge in [0.25, 0.3) is 0 Å². The summed E-state index contributed by atoms with van der Waals surface area (Å²) >= 11 is 0. The van der Waals surface area contributed by atoms with Crippen LogP contribution in [-0.4, -0.2) is 30.3 Å². The number of carbonyl (C=O) groups is 1. The highest BCUT2D eigenvalue weighted by molar-refractivity contribution is 7.91. The molecule has 2 rings (SSSR count). The van der Waals surface area contributed by atoms with Crippen LogP contribution in [0.15, 0.2) is 59.8 Å². The number of sulfone groups is 1. The van der Waals surface area contributed by atoms with E-state index in [0.717, 1.165) is 12.0 Å². The Labute approximate surface area is 153 Å². The first kappa shape index (κ1) is 21.1. The van der Waals surface area contributed by atoms with Crippen molar-refractivity contribution in [3.8, 4) is 0 Å². The zero-order chi connectivity index (χ0) is 17.4. The number of benzene rings is 1. The van der Waals surface area contributed by atoms with E-state index in [1.165, 1.54) is 24.5 Å². The van der Waals surface area contributed by atoms with Crippen molar-refractivity contribution in [1.82, 2.24) is 10.5 Å². The number of nitrogens with one attached hydrogen (secondary N) is 1. The molecule has 8 heteroatoms. The number of hydroxylamine groups is 1. The Morgan fingerprint density at radius 3 is 2.36 bits per heavy atom. The van der Waals surface area contributed by atoms with E-state index >= 15 is 0 Å². The van der Waals surface area contributed by atoms with Crippen molar-refractivity contribution in [2.45, 2.75) is 24.2 Å². The summed E-state index contributed by atoms with van der Waals surface area (Å²) < 4.78 is 24.8. The lowest BCUT2D eigenvalue weighted by molar-refractivity contribution is -0.132. The van der Waals surface area contributed by atoms with E-state index in [2.05, 4.69) is 4.98 Å². The van der Waals surface area contributed by atoms with E-state index in [9.17, 15) is 13.2 Å². The first-order chi connectivity index (χ1) is 11.5. The minimum Gasteiger partial charge on any atom is -0.289 e. The number of rotatable bonds is 8. The Morgan fingerprint density at radius 2 is 1.76 bits per heavy atom. The summed E-state index contributed by atoms with van der Waals surface area (Å²) in [7, 11) is -3.62. The lowest BCUT2D eigenvalue weighted by atomic mass is 10.0. The average molecular weight is 385 g/mol. The molecule has 2 N–H and O–H groups in total. The van der Waals surface area contributed by atoms with Gasteiger partial charge in [0, 0.05) is 12.4 Å². The molecular formula is C17H21ClN2O4S. The van der Waals surface area contributed by atoms with Crippen molar-refractivity contribution in [3.63, 3.8) is 0 Å². The summed E-state index contributed by atoms with van der Waals surface area (Å²) in [6.07, 6.45) is 4.54. The average Bonchev–Trinajstić information content (AvgIpc) is 2.62. The Balaban J connectivity index is 0.00000312. The van der Waals surface area contributed by atoms with Crippen LogP contribution in [0, 0.1) is 5.92 Å². The second-order valence-electron chi connectivity index (χ2n) is 5.52. The topological polar surface area (TPSA) is 96.4 Å². The third-order valence-corrected chi connectivity index (χ3v) is 5.60. The summed E-state index contributed by atoms with van der Waals surface area (Å²) in [5, 5.41) is 8.88. The van der Waals surface area contributed by atoms with E-state index in [4.69, 9.17) is 5.21 Å². The summed E-state index contributed by atoms with van der Waals surface area (Å²) in [4.78, 5) is 15.7. The quantitative estimate of drug-likeness (QED) is 0.538. The lowest BCUT2D eigenvalue weighted by Gasteiger charge is -2.15. The van der Waals surface area contributed by atoms with Gasteiger partial charge in [0.2, 0.25) is 5.91 Å². The number of aryl methyl sites for hydroxylation is 1. The van der Waals surface area contributed by atoms with Crippen LogP contribution >= 0.6 is 12.4 Å². The standard InChI is InChI=1S/C17H20N2O4S.ClH/c20-17(19-21)15(8-4-7-14-5-2-1-3-6-14)13-24(22,23)16-9-11-18-12-10-16;/h1-3,5-6,9-12,15,21H,4,7-8,13H2,(H,19,20);1H. The van der Waals surface area contributed by atoms with Crippen molar-refractivity contribution >= 4 is 28.2 Å². The molecule has 0 saturated carbocycles. The Hall–Kier alpha value is -1.96. The van der Waals surface area contributed by atoms with E-state index < -0.39 is 21.7 Å². The molecule has 0 saturated heterocycles. The van der Waals surface area contributed by atoms with Crippen molar-refractivity contribution in [2.24, 2.45) is 5.92 Å². The molecule has 136 valence electrons. The van der Waals surface area contributed by atoms with Gasteiger partial charge in [-0.3, -0.25) is 15.0 Å². The number of halogens is 1. The third-order valence-electron chi connectivity index (χ3n) is 3.77. The first-order valence-corrected chi connectivity index (χ1v) is 9.29. The second kappa shape index (κ2) is 10.1. The molecule has 1 amide bonds. The van der Waals surface area contributed by atoms with Crippen LogP contribution in [0.25, 0.3) is 0 Å². The minimum absolute atomic E-state index is 0. The van der Waals surface area contributed by atoms with Crippen LogP contribution in [0.1, 0.15) is 18.4 Å². The second-order valence-corrected chi connectivity index (χ2v) is 7.55. The van der Waals surface area contributed by atoms with Gasteiger partial charge in [-0.25, -0.2) is 13.9 Å². The van der Waals surface area contributed by atoms with Gasteiger partial charge in [0.05, 0.1) is 16.6 Å². The number of nitrogens with zero attached hydrogens (tertiary/aromatic N) is 1. The van der Waals surface area contributed by atoms with E-state index in [1.54, 1.807) is 5.48 Å². The van der Waals surface area contributed by atoms with Crippen molar-refractivity contribution < 1.29 is 18.4 Å². The molecule has 25 heavy (non-hydrogen) atoms. The van der Waals surface area contributed by atoms with Gasteiger partial charge in [0.1, 0.15) is 0 Å². The zero-order valence-electron chi connectivity index (χ0n) is 13.5. The third kappa shape index (κ3) is 6.45. The molecule has 0 spiro atoms. The Morgan fingerprint density at radius 1 is 1.12 bits per heavy atom. The van der Waals surface area contributed by atoms with Gasteiger partial charge in [-0.1, -0.05) is 30.3 Å². The largest absolute Gasteiger partial charge is 0.289 e. The SMILES string of the molecule is Cl.O=C(NO)C(CCCc1ccccc1)CS(=O)(=O)c1ccncc1. The fourth-order valence-corrected chi connectivity index (χ4v) is 4.06. The highest BCUT2D eigenvalue weighted by atomic mass is 35.5. The fraction of sp³-hybridized carbons (Fsp3) is 0.294. The monoisotopic (exact) mass is 384 g/mol. The summed E-state index contributed by atoms with van der Waals surface area (Å²) in [6, 6.07) is 12.5. The number of hydrogen-bond donors (Lipinski definition) is 2. The van der Waals surface area contributed by atoms with E-state index in [0.29, 0.717) is 12.8 Å². The van der Waals surface area contributed by atoms with Gasteiger partial charge < -0.3 is 0 Å². The van der Waals surface area contributed by atoms with Gasteiger partial charge in [0.15, 0.2) is 9.84 Å². The number of pyridine rings is 1. The minimum atomic E-state index is -3.62. The van der Waals surface area contributed by atoms with Crippen molar-refractivity contribution in [1.29, 1.82) is 0 Å². The van der Waals surface area contributed by atoms with Crippen LogP contribution in [0.5, 0.6) is 0 Å². The van der Waals surface area contributed by atoms with Crippen molar-refractivity contribution in [3.05, 3.63) is 60.4 Å². The summed E-state index contributed by atoms with van der Waals surface area (Å²) in [5.41, 5.74) is 2.69. The van der Waals surface area contributed by atoms with Crippen LogP contribution in [0.3, 0.4) is 0 Å². The molecule has 0 fully saturated rings. The highest BCUT2D eigenvalue weighted by Crippen LogP contribution is 2.18. The van der Waals surface area contributed by atoms with Crippen LogP contribution in [-0.2, 0) is 21.1 Å². The van der Waals surface area contributed by atoms with Gasteiger partial charge >= 0.3 is 0 Å². The maximum Gasteiger partial charge on any atom is 0.247 e. The molecule has 2 aromatic rings. The number of carbonyl (C=O) groups excluding carboxylic acids is 1. The molecule has 1 atom stereocenters. The highest BCUT2D eigenvalue weighted by Gasteiger charge is 2.26. The van der Waals surface area contributed by atoms with Gasteiger partial charge in [-0.2, -0.15) is 0 Å². The summed E-state index contributed by atoms with van der Waals surface area (Å²) in [5.74, 6) is -1.84. The zero-order valence-corrected chi connectivity index (χ0v) is 15.2. The first-order valence-electron chi connectivity index (χ1n) is 7.63. The fourth-order valence-electron chi connectivity index (χ4n) is 2.49. The lowest BCUT2D eigenvalue weighted by Crippen LogP contribution is -2.33. The molecule has 6 nitrogen and oxygen atoms in total. The van der Waals surface area contributed by atoms with Crippen LogP contribution in [0.4, 0.5) is 0 Å². The smallest absolute Gasteiger partial charge is 0.247 e. The maximum absolute atomic E-state index is 12.4. The molecule has 0 bridgehead atoms. The van der Waals surface area contributed by atoms with Gasteiger partial charge in [-0.15, -0.1) is 12.4 Å². The predicted molar refractivity (Wildman–Crippen MR) is 96.3 cm³/mol.